The largest absolute Gasteiger partial charge is 0.497 e. The predicted molar refractivity (Wildman–Crippen MR) is 136 cm³/mol. The van der Waals surface area contributed by atoms with Gasteiger partial charge in [-0.25, -0.2) is 8.42 Å². The smallest absolute Gasteiger partial charge is 0.258 e. The topological polar surface area (TPSA) is 71.9 Å². The van der Waals surface area contributed by atoms with Crippen LogP contribution in [0.1, 0.15) is 23.6 Å². The SMILES string of the molecule is COc1ccc(S(=O)(=O)N2CC3CC(C2)c2ccc(-c4ccccc4CN(C)C)c(=O)n2C3)cc1. The maximum Gasteiger partial charge on any atom is 0.258 e. The zero-order valence-corrected chi connectivity index (χ0v) is 21.2. The fraction of sp³-hybridized carbons (Fsp3) is 0.370. The molecule has 3 heterocycles. The fourth-order valence-electron chi connectivity index (χ4n) is 5.46. The Balaban J connectivity index is 1.47. The molecule has 0 saturated carbocycles. The van der Waals surface area contributed by atoms with E-state index in [1.807, 2.05) is 49.0 Å². The molecule has 1 aromatic heterocycles. The van der Waals surface area contributed by atoms with E-state index in [1.165, 1.54) is 0 Å². The van der Waals surface area contributed by atoms with Crippen molar-refractivity contribution >= 4 is 10.0 Å². The van der Waals surface area contributed by atoms with Crippen LogP contribution in [-0.4, -0.2) is 56.5 Å². The van der Waals surface area contributed by atoms with Gasteiger partial charge in [-0.05, 0) is 74.0 Å². The van der Waals surface area contributed by atoms with Crippen LogP contribution >= 0.6 is 0 Å². The second-order valence-electron chi connectivity index (χ2n) is 9.78. The number of hydrogen-bond donors (Lipinski definition) is 0. The predicted octanol–water partition coefficient (Wildman–Crippen LogP) is 3.39. The molecular weight excluding hydrogens is 462 g/mol. The Hall–Kier alpha value is -2.94. The first-order valence-electron chi connectivity index (χ1n) is 11.9. The second-order valence-corrected chi connectivity index (χ2v) is 11.7. The highest BCUT2D eigenvalue weighted by Crippen LogP contribution is 2.38. The monoisotopic (exact) mass is 493 g/mol. The van der Waals surface area contributed by atoms with Crippen molar-refractivity contribution in [2.75, 3.05) is 34.3 Å². The van der Waals surface area contributed by atoms with Crippen molar-refractivity contribution in [1.29, 1.82) is 0 Å². The van der Waals surface area contributed by atoms with Crippen LogP contribution in [-0.2, 0) is 23.1 Å². The number of nitrogens with zero attached hydrogens (tertiary/aromatic N) is 3. The minimum atomic E-state index is -3.62. The summed E-state index contributed by atoms with van der Waals surface area (Å²) in [7, 11) is 1.97. The summed E-state index contributed by atoms with van der Waals surface area (Å²) >= 11 is 0. The van der Waals surface area contributed by atoms with Gasteiger partial charge in [-0.15, -0.1) is 0 Å². The van der Waals surface area contributed by atoms with Gasteiger partial charge in [0, 0.05) is 43.4 Å². The highest BCUT2D eigenvalue weighted by Gasteiger charge is 2.39. The average Bonchev–Trinajstić information content (AvgIpc) is 2.85. The maximum absolute atomic E-state index is 13.6. The molecule has 2 aromatic carbocycles. The van der Waals surface area contributed by atoms with Crippen LogP contribution in [0.5, 0.6) is 5.75 Å². The zero-order chi connectivity index (χ0) is 24.7. The molecule has 1 fully saturated rings. The summed E-state index contributed by atoms with van der Waals surface area (Å²) < 4.78 is 35.4. The van der Waals surface area contributed by atoms with Gasteiger partial charge < -0.3 is 14.2 Å². The van der Waals surface area contributed by atoms with Crippen LogP contribution in [0.25, 0.3) is 11.1 Å². The summed E-state index contributed by atoms with van der Waals surface area (Å²) in [6, 6.07) is 18.5. The van der Waals surface area contributed by atoms with Gasteiger partial charge in [-0.1, -0.05) is 24.3 Å². The Labute approximate surface area is 206 Å². The van der Waals surface area contributed by atoms with Gasteiger partial charge in [-0.2, -0.15) is 4.31 Å². The standard InChI is InChI=1S/C27H31N3O4S/c1-28(2)17-20-6-4-5-7-24(20)25-12-13-26-21-14-19(16-30(26)27(25)31)15-29(18-21)35(32,33)23-10-8-22(34-3)9-11-23/h4-13,19,21H,14-18H2,1-3H3. The molecule has 2 aliphatic heterocycles. The molecule has 7 nitrogen and oxygen atoms in total. The van der Waals surface area contributed by atoms with E-state index < -0.39 is 10.0 Å². The molecule has 0 spiro atoms. The first-order chi connectivity index (χ1) is 16.8. The molecule has 2 aliphatic rings. The van der Waals surface area contributed by atoms with Crippen LogP contribution < -0.4 is 10.3 Å². The first kappa shape index (κ1) is 23.8. The van der Waals surface area contributed by atoms with Gasteiger partial charge in [0.2, 0.25) is 10.0 Å². The summed E-state index contributed by atoms with van der Waals surface area (Å²) in [4.78, 5) is 16.0. The number of pyridine rings is 1. The quantitative estimate of drug-likeness (QED) is 0.526. The molecule has 5 rings (SSSR count). The molecule has 1 saturated heterocycles. The molecule has 8 heteroatoms. The third-order valence-electron chi connectivity index (χ3n) is 7.06. The van der Waals surface area contributed by atoms with Gasteiger partial charge in [0.25, 0.3) is 5.56 Å². The van der Waals surface area contributed by atoms with Crippen LogP contribution in [0.2, 0.25) is 0 Å². The Kier molecular flexibility index (Phi) is 6.29. The molecule has 2 atom stereocenters. The van der Waals surface area contributed by atoms with Gasteiger partial charge in [-0.3, -0.25) is 4.79 Å². The molecule has 35 heavy (non-hydrogen) atoms. The normalized spacial score (nSPS) is 20.0. The molecule has 184 valence electrons. The number of aromatic nitrogens is 1. The first-order valence-corrected chi connectivity index (χ1v) is 13.3. The second kappa shape index (κ2) is 9.26. The van der Waals surface area contributed by atoms with Crippen molar-refractivity contribution in [2.45, 2.75) is 30.3 Å². The van der Waals surface area contributed by atoms with Gasteiger partial charge in [0.1, 0.15) is 5.75 Å². The van der Waals surface area contributed by atoms with E-state index in [0.29, 0.717) is 30.9 Å². The lowest BCUT2D eigenvalue weighted by atomic mass is 9.83. The molecule has 3 aromatic rings. The highest BCUT2D eigenvalue weighted by molar-refractivity contribution is 7.89. The van der Waals surface area contributed by atoms with Crippen molar-refractivity contribution in [3.05, 3.63) is 82.3 Å². The summed E-state index contributed by atoms with van der Waals surface area (Å²) in [5.74, 6) is 0.712. The van der Waals surface area contributed by atoms with Crippen molar-refractivity contribution in [3.63, 3.8) is 0 Å². The number of piperidine rings is 1. The zero-order valence-electron chi connectivity index (χ0n) is 20.3. The highest BCUT2D eigenvalue weighted by atomic mass is 32.2. The minimum absolute atomic E-state index is 0.00528. The van der Waals surface area contributed by atoms with E-state index >= 15 is 0 Å². The van der Waals surface area contributed by atoms with Crippen molar-refractivity contribution in [3.8, 4) is 16.9 Å². The van der Waals surface area contributed by atoms with E-state index in [4.69, 9.17) is 4.74 Å². The third-order valence-corrected chi connectivity index (χ3v) is 8.91. The van der Waals surface area contributed by atoms with Gasteiger partial charge in [0.05, 0.1) is 12.0 Å². The Morgan fingerprint density at radius 2 is 1.69 bits per heavy atom. The molecule has 0 radical (unpaired) electrons. The summed E-state index contributed by atoms with van der Waals surface area (Å²) in [6.07, 6.45) is 0.893. The third kappa shape index (κ3) is 4.42. The lowest BCUT2D eigenvalue weighted by molar-refractivity contribution is 0.186. The minimum Gasteiger partial charge on any atom is -0.497 e. The van der Waals surface area contributed by atoms with Crippen LogP contribution in [0.15, 0.2) is 70.4 Å². The molecular formula is C27H31N3O4S. The fourth-order valence-corrected chi connectivity index (χ4v) is 7.02. The van der Waals surface area contributed by atoms with Crippen LogP contribution in [0.4, 0.5) is 0 Å². The number of fused-ring (bicyclic) bond motifs is 4. The van der Waals surface area contributed by atoms with E-state index in [9.17, 15) is 13.2 Å². The Morgan fingerprint density at radius 3 is 2.40 bits per heavy atom. The number of hydrogen-bond acceptors (Lipinski definition) is 5. The van der Waals surface area contributed by atoms with E-state index in [-0.39, 0.29) is 22.3 Å². The van der Waals surface area contributed by atoms with Crippen LogP contribution in [0, 0.1) is 5.92 Å². The number of sulfonamides is 1. The molecule has 2 bridgehead atoms. The van der Waals surface area contributed by atoms with E-state index in [1.54, 1.807) is 35.7 Å². The van der Waals surface area contributed by atoms with Gasteiger partial charge >= 0.3 is 0 Å². The summed E-state index contributed by atoms with van der Waals surface area (Å²) in [5, 5.41) is 0. The maximum atomic E-state index is 13.6. The van der Waals surface area contributed by atoms with Crippen LogP contribution in [0.3, 0.4) is 0 Å². The molecule has 0 N–H and O–H groups in total. The van der Waals surface area contributed by atoms with Crippen molar-refractivity contribution in [1.82, 2.24) is 13.8 Å². The lowest BCUT2D eigenvalue weighted by Gasteiger charge is -2.42. The molecule has 0 aliphatic carbocycles. The van der Waals surface area contributed by atoms with Gasteiger partial charge in [0.15, 0.2) is 0 Å². The Morgan fingerprint density at radius 1 is 0.943 bits per heavy atom. The number of benzene rings is 2. The van der Waals surface area contributed by atoms with Crippen molar-refractivity contribution < 1.29 is 13.2 Å². The van der Waals surface area contributed by atoms with Crippen molar-refractivity contribution in [2.24, 2.45) is 5.92 Å². The van der Waals surface area contributed by atoms with E-state index in [2.05, 4.69) is 11.0 Å². The molecule has 2 unspecified atom stereocenters. The Bertz CT molecular complexity index is 1400. The molecule has 0 amide bonds. The average molecular weight is 494 g/mol. The van der Waals surface area contributed by atoms with E-state index in [0.717, 1.165) is 29.8 Å². The summed E-state index contributed by atoms with van der Waals surface area (Å²) in [5.41, 5.74) is 3.71. The number of methoxy groups -OCH3 is 1. The lowest BCUT2D eigenvalue weighted by Crippen LogP contribution is -2.49. The summed E-state index contributed by atoms with van der Waals surface area (Å²) in [6.45, 7) is 2.07. The number of ether oxygens (including phenoxy) is 1. The number of rotatable bonds is 6.